The average Bonchev–Trinajstić information content (AvgIpc) is 2.92. The molecule has 0 aliphatic carbocycles. The van der Waals surface area contributed by atoms with E-state index >= 15 is 0 Å². The van der Waals surface area contributed by atoms with Crippen LogP contribution in [0.5, 0.6) is 0 Å². The van der Waals surface area contributed by atoms with Crippen molar-refractivity contribution in [2.75, 3.05) is 6.54 Å². The highest BCUT2D eigenvalue weighted by Gasteiger charge is 2.18. The molecule has 0 spiro atoms. The van der Waals surface area contributed by atoms with Gasteiger partial charge in [0.2, 0.25) is 10.0 Å². The molecule has 0 aliphatic heterocycles. The first-order chi connectivity index (χ1) is 11.4. The van der Waals surface area contributed by atoms with Gasteiger partial charge in [0.25, 0.3) is 0 Å². The number of benzene rings is 2. The minimum absolute atomic E-state index is 0.0825. The summed E-state index contributed by atoms with van der Waals surface area (Å²) in [4.78, 5) is 2.64. The number of rotatable bonds is 5. The minimum atomic E-state index is -3.94. The Labute approximate surface area is 138 Å². The Morgan fingerprint density at radius 3 is 2.71 bits per heavy atom. The van der Waals surface area contributed by atoms with E-state index in [0.29, 0.717) is 17.4 Å². The lowest BCUT2D eigenvalue weighted by Crippen LogP contribution is -2.26. The van der Waals surface area contributed by atoms with Gasteiger partial charge in [0.15, 0.2) is 0 Å². The third-order valence-electron chi connectivity index (χ3n) is 3.79. The van der Waals surface area contributed by atoms with Crippen molar-refractivity contribution < 1.29 is 17.2 Å². The van der Waals surface area contributed by atoms with Crippen LogP contribution in [0, 0.1) is 18.6 Å². The summed E-state index contributed by atoms with van der Waals surface area (Å²) in [6, 6.07) is 8.31. The van der Waals surface area contributed by atoms with E-state index in [-0.39, 0.29) is 17.3 Å². The molecule has 0 radical (unpaired) electrons. The number of aromatic amines is 1. The van der Waals surface area contributed by atoms with Gasteiger partial charge in [-0.05, 0) is 54.8 Å². The van der Waals surface area contributed by atoms with Crippen molar-refractivity contribution in [3.05, 3.63) is 65.4 Å². The molecule has 24 heavy (non-hydrogen) atoms. The van der Waals surface area contributed by atoms with E-state index < -0.39 is 15.8 Å². The molecule has 0 atom stereocenters. The smallest absolute Gasteiger partial charge is 0.243 e. The van der Waals surface area contributed by atoms with Gasteiger partial charge in [-0.1, -0.05) is 6.07 Å². The number of halogens is 2. The van der Waals surface area contributed by atoms with Crippen LogP contribution in [-0.2, 0) is 16.4 Å². The number of nitrogens with one attached hydrogen (secondary N) is 2. The van der Waals surface area contributed by atoms with E-state index in [9.17, 15) is 17.2 Å². The molecule has 0 saturated heterocycles. The van der Waals surface area contributed by atoms with Gasteiger partial charge >= 0.3 is 0 Å². The van der Waals surface area contributed by atoms with Gasteiger partial charge in [-0.3, -0.25) is 0 Å². The lowest BCUT2D eigenvalue weighted by atomic mass is 10.1. The van der Waals surface area contributed by atoms with Crippen molar-refractivity contribution in [1.82, 2.24) is 9.71 Å². The summed E-state index contributed by atoms with van der Waals surface area (Å²) in [7, 11) is -3.94. The SMILES string of the molecule is Cc1ccc(F)c(S(=O)(=O)NCCc2c[nH]c3ccc(F)cc23)c1. The van der Waals surface area contributed by atoms with Crippen LogP contribution < -0.4 is 4.72 Å². The first-order valence-electron chi connectivity index (χ1n) is 7.38. The fourth-order valence-electron chi connectivity index (χ4n) is 2.57. The van der Waals surface area contributed by atoms with Crippen LogP contribution in [0.4, 0.5) is 8.78 Å². The molecule has 0 saturated carbocycles. The molecule has 0 unspecified atom stereocenters. The maximum Gasteiger partial charge on any atom is 0.243 e. The first kappa shape index (κ1) is 16.6. The van der Waals surface area contributed by atoms with Gasteiger partial charge in [-0.25, -0.2) is 21.9 Å². The average molecular weight is 350 g/mol. The van der Waals surface area contributed by atoms with Gasteiger partial charge in [-0.2, -0.15) is 0 Å². The Hall–Kier alpha value is -2.25. The molecule has 0 aliphatic rings. The van der Waals surface area contributed by atoms with E-state index in [0.717, 1.165) is 17.1 Å². The van der Waals surface area contributed by atoms with Crippen LogP contribution >= 0.6 is 0 Å². The molecule has 1 heterocycles. The van der Waals surface area contributed by atoms with Gasteiger partial charge < -0.3 is 4.98 Å². The molecule has 3 rings (SSSR count). The number of H-pyrrole nitrogens is 1. The lowest BCUT2D eigenvalue weighted by molar-refractivity contribution is 0.556. The monoisotopic (exact) mass is 350 g/mol. The molecule has 2 aromatic carbocycles. The number of aryl methyl sites for hydroxylation is 1. The second-order valence-corrected chi connectivity index (χ2v) is 7.32. The molecular weight excluding hydrogens is 334 g/mol. The predicted molar refractivity (Wildman–Crippen MR) is 88.3 cm³/mol. The molecule has 0 fully saturated rings. The van der Waals surface area contributed by atoms with Crippen LogP contribution in [0.2, 0.25) is 0 Å². The Balaban J connectivity index is 1.75. The molecule has 126 valence electrons. The second kappa shape index (κ2) is 6.33. The van der Waals surface area contributed by atoms with Crippen molar-refractivity contribution in [3.8, 4) is 0 Å². The highest BCUT2D eigenvalue weighted by atomic mass is 32.2. The molecule has 1 aromatic heterocycles. The number of fused-ring (bicyclic) bond motifs is 1. The van der Waals surface area contributed by atoms with Crippen molar-refractivity contribution >= 4 is 20.9 Å². The standard InChI is InChI=1S/C17H16F2N2O2S/c1-11-2-4-15(19)17(8-11)24(22,23)21-7-6-12-10-20-16-5-3-13(18)9-14(12)16/h2-5,8-10,20-21H,6-7H2,1H3. The number of hydrogen-bond donors (Lipinski definition) is 2. The predicted octanol–water partition coefficient (Wildman–Crippen LogP) is 3.28. The third-order valence-corrected chi connectivity index (χ3v) is 5.27. The maximum absolute atomic E-state index is 13.8. The van der Waals surface area contributed by atoms with E-state index in [1.165, 1.54) is 24.3 Å². The van der Waals surface area contributed by atoms with Crippen molar-refractivity contribution in [1.29, 1.82) is 0 Å². The Bertz CT molecular complexity index is 997. The largest absolute Gasteiger partial charge is 0.361 e. The summed E-state index contributed by atoms with van der Waals surface area (Å²) in [6.45, 7) is 1.78. The Morgan fingerprint density at radius 1 is 1.12 bits per heavy atom. The van der Waals surface area contributed by atoms with E-state index in [2.05, 4.69) is 9.71 Å². The third kappa shape index (κ3) is 3.32. The summed E-state index contributed by atoms with van der Waals surface area (Å²) >= 11 is 0. The maximum atomic E-state index is 13.8. The topological polar surface area (TPSA) is 62.0 Å². The number of aromatic nitrogens is 1. The fraction of sp³-hybridized carbons (Fsp3) is 0.176. The van der Waals surface area contributed by atoms with Gasteiger partial charge in [0.1, 0.15) is 16.5 Å². The first-order valence-corrected chi connectivity index (χ1v) is 8.86. The quantitative estimate of drug-likeness (QED) is 0.742. The Kier molecular flexibility index (Phi) is 4.38. The van der Waals surface area contributed by atoms with Crippen LogP contribution in [0.3, 0.4) is 0 Å². The molecule has 0 bridgehead atoms. The molecule has 2 N–H and O–H groups in total. The van der Waals surface area contributed by atoms with Crippen LogP contribution in [0.1, 0.15) is 11.1 Å². The van der Waals surface area contributed by atoms with Crippen molar-refractivity contribution in [2.24, 2.45) is 0 Å². The summed E-state index contributed by atoms with van der Waals surface area (Å²) < 4.78 is 53.9. The van der Waals surface area contributed by atoms with E-state index in [1.807, 2.05) is 0 Å². The molecule has 3 aromatic rings. The minimum Gasteiger partial charge on any atom is -0.361 e. The van der Waals surface area contributed by atoms with Crippen molar-refractivity contribution in [3.63, 3.8) is 0 Å². The zero-order valence-electron chi connectivity index (χ0n) is 12.9. The van der Waals surface area contributed by atoms with Gasteiger partial charge in [-0.15, -0.1) is 0 Å². The normalized spacial score (nSPS) is 12.0. The summed E-state index contributed by atoms with van der Waals surface area (Å²) in [6.07, 6.45) is 2.07. The van der Waals surface area contributed by atoms with Gasteiger partial charge in [0, 0.05) is 23.6 Å². The number of hydrogen-bond acceptors (Lipinski definition) is 2. The highest BCUT2D eigenvalue weighted by Crippen LogP contribution is 2.20. The number of sulfonamides is 1. The van der Waals surface area contributed by atoms with Crippen LogP contribution in [0.25, 0.3) is 10.9 Å². The molecule has 4 nitrogen and oxygen atoms in total. The van der Waals surface area contributed by atoms with Gasteiger partial charge in [0.05, 0.1) is 0 Å². The molecule has 0 amide bonds. The zero-order chi connectivity index (χ0) is 17.3. The summed E-state index contributed by atoms with van der Waals surface area (Å²) in [5.41, 5.74) is 2.22. The highest BCUT2D eigenvalue weighted by molar-refractivity contribution is 7.89. The lowest BCUT2D eigenvalue weighted by Gasteiger charge is -2.08. The fourth-order valence-corrected chi connectivity index (χ4v) is 3.76. The van der Waals surface area contributed by atoms with Crippen LogP contribution in [-0.4, -0.2) is 19.9 Å². The van der Waals surface area contributed by atoms with E-state index in [1.54, 1.807) is 19.2 Å². The zero-order valence-corrected chi connectivity index (χ0v) is 13.8. The molecular formula is C17H16F2N2O2S. The second-order valence-electron chi connectivity index (χ2n) is 5.59. The summed E-state index contributed by atoms with van der Waals surface area (Å²) in [5.74, 6) is -1.15. The Morgan fingerprint density at radius 2 is 1.92 bits per heavy atom. The van der Waals surface area contributed by atoms with Crippen molar-refractivity contribution in [2.45, 2.75) is 18.2 Å². The van der Waals surface area contributed by atoms with E-state index in [4.69, 9.17) is 0 Å². The molecule has 7 heteroatoms. The summed E-state index contributed by atoms with van der Waals surface area (Å²) in [5, 5.41) is 0.705. The van der Waals surface area contributed by atoms with Crippen LogP contribution in [0.15, 0.2) is 47.5 Å².